The summed E-state index contributed by atoms with van der Waals surface area (Å²) in [6, 6.07) is 11.9. The lowest BCUT2D eigenvalue weighted by Crippen LogP contribution is -2.43. The van der Waals surface area contributed by atoms with Gasteiger partial charge in [-0.1, -0.05) is 12.1 Å². The molecular weight excluding hydrogens is 340 g/mol. The number of aromatic nitrogens is 3. The minimum atomic E-state index is -0.139. The first-order chi connectivity index (χ1) is 13.2. The molecule has 1 N–H and O–H groups in total. The summed E-state index contributed by atoms with van der Waals surface area (Å²) in [7, 11) is 0. The maximum absolute atomic E-state index is 12.6. The van der Waals surface area contributed by atoms with E-state index in [9.17, 15) is 10.1 Å². The Bertz CT molecular complexity index is 1050. The minimum Gasteiger partial charge on any atom is -0.347 e. The Morgan fingerprint density at radius 1 is 1.19 bits per heavy atom. The molecule has 0 spiro atoms. The van der Waals surface area contributed by atoms with Crippen molar-refractivity contribution < 1.29 is 4.79 Å². The van der Waals surface area contributed by atoms with Crippen molar-refractivity contribution in [3.05, 3.63) is 54.5 Å². The Kier molecular flexibility index (Phi) is 3.57. The summed E-state index contributed by atoms with van der Waals surface area (Å²) in [6.07, 6.45) is 8.45. The SMILES string of the molecule is N#CN1[C@H]2CC[C@@H]1[C@H](NC(=O)c1ccc(-n3cnc4ccccc43)nc1)C2. The molecule has 2 aromatic heterocycles. The number of carbonyl (C=O) groups excluding carboxylic acids is 1. The molecule has 0 aliphatic carbocycles. The van der Waals surface area contributed by atoms with Gasteiger partial charge in [0.2, 0.25) is 0 Å². The zero-order valence-corrected chi connectivity index (χ0v) is 14.6. The van der Waals surface area contributed by atoms with Gasteiger partial charge < -0.3 is 10.2 Å². The van der Waals surface area contributed by atoms with Crippen molar-refractivity contribution in [2.45, 2.75) is 37.4 Å². The van der Waals surface area contributed by atoms with Gasteiger partial charge in [-0.2, -0.15) is 5.26 Å². The second kappa shape index (κ2) is 6.09. The van der Waals surface area contributed by atoms with E-state index in [1.54, 1.807) is 18.6 Å². The summed E-state index contributed by atoms with van der Waals surface area (Å²) >= 11 is 0. The molecule has 0 radical (unpaired) electrons. The van der Waals surface area contributed by atoms with Gasteiger partial charge in [-0.25, -0.2) is 9.97 Å². The van der Waals surface area contributed by atoms with Gasteiger partial charge in [0.05, 0.1) is 28.7 Å². The molecule has 2 fully saturated rings. The number of hydrogen-bond donors (Lipinski definition) is 1. The van der Waals surface area contributed by atoms with Crippen LogP contribution in [0.2, 0.25) is 0 Å². The van der Waals surface area contributed by atoms with Gasteiger partial charge in [0, 0.05) is 12.2 Å². The summed E-state index contributed by atoms with van der Waals surface area (Å²) in [4.78, 5) is 23.3. The Morgan fingerprint density at radius 2 is 2.07 bits per heavy atom. The highest BCUT2D eigenvalue weighted by Gasteiger charge is 2.46. The quantitative estimate of drug-likeness (QED) is 0.726. The number of pyridine rings is 1. The Balaban J connectivity index is 1.33. The fourth-order valence-electron chi connectivity index (χ4n) is 4.36. The van der Waals surface area contributed by atoms with E-state index in [4.69, 9.17) is 0 Å². The molecule has 4 heterocycles. The second-order valence-corrected chi connectivity index (χ2v) is 7.13. The van der Waals surface area contributed by atoms with Crippen LogP contribution in [0.5, 0.6) is 0 Å². The van der Waals surface area contributed by atoms with E-state index in [0.29, 0.717) is 5.56 Å². The average Bonchev–Trinajstić information content (AvgIpc) is 3.40. The van der Waals surface area contributed by atoms with Crippen molar-refractivity contribution in [2.24, 2.45) is 0 Å². The van der Waals surface area contributed by atoms with Gasteiger partial charge in [0.1, 0.15) is 12.1 Å². The van der Waals surface area contributed by atoms with Crippen LogP contribution in [0.25, 0.3) is 16.9 Å². The first-order valence-electron chi connectivity index (χ1n) is 9.12. The molecule has 1 aromatic carbocycles. The number of rotatable bonds is 3. The summed E-state index contributed by atoms with van der Waals surface area (Å²) < 4.78 is 1.90. The third-order valence-corrected chi connectivity index (χ3v) is 5.68. The molecule has 5 rings (SSSR count). The van der Waals surface area contributed by atoms with Gasteiger partial charge in [0.15, 0.2) is 6.19 Å². The fourth-order valence-corrected chi connectivity index (χ4v) is 4.36. The number of fused-ring (bicyclic) bond motifs is 3. The topological polar surface area (TPSA) is 86.8 Å². The molecule has 2 aliphatic rings. The predicted octanol–water partition coefficient (Wildman–Crippen LogP) is 2.24. The third kappa shape index (κ3) is 2.53. The first kappa shape index (κ1) is 15.8. The highest BCUT2D eigenvalue weighted by molar-refractivity contribution is 5.94. The normalized spacial score (nSPS) is 23.5. The summed E-state index contributed by atoms with van der Waals surface area (Å²) in [5, 5.41) is 12.3. The van der Waals surface area contributed by atoms with Crippen molar-refractivity contribution in [3.63, 3.8) is 0 Å². The van der Waals surface area contributed by atoms with Gasteiger partial charge in [-0.3, -0.25) is 9.36 Å². The zero-order valence-electron chi connectivity index (χ0n) is 14.6. The monoisotopic (exact) mass is 358 g/mol. The van der Waals surface area contributed by atoms with E-state index in [1.807, 2.05) is 39.8 Å². The molecule has 2 bridgehead atoms. The van der Waals surface area contributed by atoms with Crippen LogP contribution in [0.15, 0.2) is 48.9 Å². The zero-order chi connectivity index (χ0) is 18.4. The molecule has 27 heavy (non-hydrogen) atoms. The van der Waals surface area contributed by atoms with Gasteiger partial charge in [0.25, 0.3) is 5.91 Å². The van der Waals surface area contributed by atoms with Crippen LogP contribution in [-0.2, 0) is 0 Å². The van der Waals surface area contributed by atoms with Gasteiger partial charge in [-0.15, -0.1) is 0 Å². The number of nitrogens with zero attached hydrogens (tertiary/aromatic N) is 5. The number of imidazole rings is 1. The molecule has 2 aliphatic heterocycles. The third-order valence-electron chi connectivity index (χ3n) is 5.68. The average molecular weight is 358 g/mol. The largest absolute Gasteiger partial charge is 0.347 e. The number of para-hydroxylation sites is 2. The van der Waals surface area contributed by atoms with E-state index >= 15 is 0 Å². The molecule has 3 atom stereocenters. The second-order valence-electron chi connectivity index (χ2n) is 7.13. The lowest BCUT2D eigenvalue weighted by molar-refractivity contribution is 0.0928. The van der Waals surface area contributed by atoms with E-state index in [-0.39, 0.29) is 24.0 Å². The standard InChI is InChI=1S/C20H18N6O/c21-11-25-14-6-7-18(25)16(9-14)24-20(27)13-5-8-19(22-10-13)26-12-23-15-3-1-2-4-17(15)26/h1-5,8,10,12,14,16,18H,6-7,9H2,(H,24,27)/t14-,16+,18+/m0/s1. The Labute approximate surface area is 156 Å². The molecule has 7 heteroatoms. The van der Waals surface area contributed by atoms with E-state index in [2.05, 4.69) is 21.5 Å². The van der Waals surface area contributed by atoms with Crippen molar-refractivity contribution in [1.82, 2.24) is 24.8 Å². The van der Waals surface area contributed by atoms with Crippen LogP contribution in [-0.4, -0.2) is 43.5 Å². The number of nitrogens with one attached hydrogen (secondary N) is 1. The van der Waals surface area contributed by atoms with E-state index < -0.39 is 0 Å². The lowest BCUT2D eigenvalue weighted by Gasteiger charge is -2.21. The number of benzene rings is 1. The van der Waals surface area contributed by atoms with Gasteiger partial charge in [-0.05, 0) is 43.5 Å². The highest BCUT2D eigenvalue weighted by Crippen LogP contribution is 2.37. The minimum absolute atomic E-state index is 0.0353. The van der Waals surface area contributed by atoms with Crippen molar-refractivity contribution in [2.75, 3.05) is 0 Å². The highest BCUT2D eigenvalue weighted by atomic mass is 16.1. The number of amides is 1. The molecule has 1 amide bonds. The lowest BCUT2D eigenvalue weighted by atomic mass is 9.95. The van der Waals surface area contributed by atoms with Crippen molar-refractivity contribution in [3.8, 4) is 12.0 Å². The van der Waals surface area contributed by atoms with Crippen molar-refractivity contribution >= 4 is 16.9 Å². The van der Waals surface area contributed by atoms with Crippen LogP contribution in [0.3, 0.4) is 0 Å². The van der Waals surface area contributed by atoms with E-state index in [0.717, 1.165) is 36.1 Å². The number of hydrogen-bond acceptors (Lipinski definition) is 5. The predicted molar refractivity (Wildman–Crippen MR) is 99.0 cm³/mol. The number of carbonyl (C=O) groups is 1. The summed E-state index contributed by atoms with van der Waals surface area (Å²) in [5.41, 5.74) is 2.40. The molecule has 2 saturated heterocycles. The summed E-state index contributed by atoms with van der Waals surface area (Å²) in [6.45, 7) is 0. The maximum atomic E-state index is 12.6. The Hall–Kier alpha value is -3.40. The molecule has 0 saturated carbocycles. The summed E-state index contributed by atoms with van der Waals surface area (Å²) in [5.74, 6) is 0.579. The smallest absolute Gasteiger partial charge is 0.253 e. The molecular formula is C20H18N6O. The maximum Gasteiger partial charge on any atom is 0.253 e. The van der Waals surface area contributed by atoms with Crippen LogP contribution in [0.1, 0.15) is 29.6 Å². The molecule has 3 aromatic rings. The number of nitriles is 1. The molecule has 134 valence electrons. The van der Waals surface area contributed by atoms with Crippen LogP contribution < -0.4 is 5.32 Å². The van der Waals surface area contributed by atoms with Crippen LogP contribution >= 0.6 is 0 Å². The first-order valence-corrected chi connectivity index (χ1v) is 9.12. The van der Waals surface area contributed by atoms with Crippen LogP contribution in [0, 0.1) is 11.5 Å². The van der Waals surface area contributed by atoms with E-state index in [1.165, 1.54) is 0 Å². The fraction of sp³-hybridized carbons (Fsp3) is 0.300. The van der Waals surface area contributed by atoms with Crippen molar-refractivity contribution in [1.29, 1.82) is 5.26 Å². The van der Waals surface area contributed by atoms with Gasteiger partial charge >= 0.3 is 0 Å². The molecule has 7 nitrogen and oxygen atoms in total. The molecule has 0 unspecified atom stereocenters. The van der Waals surface area contributed by atoms with Crippen LogP contribution in [0.4, 0.5) is 0 Å². The Morgan fingerprint density at radius 3 is 2.85 bits per heavy atom.